The molecule has 2 N–H and O–H groups in total. The molecule has 0 radical (unpaired) electrons. The highest BCUT2D eigenvalue weighted by Crippen LogP contribution is 2.41. The number of amides is 7. The Hall–Kier alpha value is -9.00. The van der Waals surface area contributed by atoms with Gasteiger partial charge in [-0.05, 0) is 63.8 Å². The zero-order chi connectivity index (χ0) is 64.5. The van der Waals surface area contributed by atoms with Crippen LogP contribution in [0.25, 0.3) is 0 Å². The third-order valence-corrected chi connectivity index (χ3v) is 14.9. The molecule has 0 aliphatic carbocycles. The minimum Gasteiger partial charge on any atom is -0.468 e. The van der Waals surface area contributed by atoms with Gasteiger partial charge in [0.1, 0.15) is 55.5 Å². The lowest BCUT2D eigenvalue weighted by atomic mass is 9.77. The lowest BCUT2D eigenvalue weighted by Crippen LogP contribution is -2.65. The molecule has 0 saturated carbocycles. The highest BCUT2D eigenvalue weighted by molar-refractivity contribution is 5.97. The van der Waals surface area contributed by atoms with Crippen molar-refractivity contribution in [3.8, 4) is 0 Å². The largest absolute Gasteiger partial charge is 0.468 e. The first-order chi connectivity index (χ1) is 42.4. The van der Waals surface area contributed by atoms with Gasteiger partial charge in [0.25, 0.3) is 0 Å². The molecule has 24 heteroatoms. The van der Waals surface area contributed by atoms with Crippen LogP contribution in [0.5, 0.6) is 0 Å². The molecule has 2 aliphatic rings. The minimum atomic E-state index is -1.47. The Balaban J connectivity index is 1.24. The van der Waals surface area contributed by atoms with Crippen LogP contribution in [0.1, 0.15) is 75.9 Å². The molecule has 0 unspecified atom stereocenters. The maximum Gasteiger partial charge on any atom is 0.408 e. The molecule has 89 heavy (non-hydrogen) atoms. The predicted octanol–water partition coefficient (Wildman–Crippen LogP) is 3.92. The van der Waals surface area contributed by atoms with E-state index in [1.807, 2.05) is 108 Å². The average molecular weight is 1230 g/mol. The molecule has 1 aromatic heterocycles. The minimum absolute atomic E-state index is 0.108. The number of nitrogens with zero attached hydrogens (tertiary/aromatic N) is 7. The Morgan fingerprint density at radius 3 is 1.71 bits per heavy atom. The number of carbonyl (C=O) groups excluding carboxylic acids is 9. The van der Waals surface area contributed by atoms with E-state index in [0.29, 0.717) is 11.3 Å². The lowest BCUT2D eigenvalue weighted by molar-refractivity contribution is -0.162. The first-order valence-corrected chi connectivity index (χ1v) is 29.3. The number of benzene rings is 4. The van der Waals surface area contributed by atoms with Gasteiger partial charge < -0.3 is 68.1 Å². The number of alkyl carbamates (subject to hydrolysis) is 1. The van der Waals surface area contributed by atoms with Gasteiger partial charge in [0, 0.05) is 53.0 Å². The van der Waals surface area contributed by atoms with E-state index in [1.54, 1.807) is 72.1 Å². The van der Waals surface area contributed by atoms with Gasteiger partial charge >= 0.3 is 18.0 Å². The summed E-state index contributed by atoms with van der Waals surface area (Å²) in [5, 5.41) is 5.08. The second kappa shape index (κ2) is 30.8. The van der Waals surface area contributed by atoms with E-state index in [4.69, 9.17) is 33.4 Å². The Morgan fingerprint density at radius 1 is 0.652 bits per heavy atom. The van der Waals surface area contributed by atoms with Gasteiger partial charge in [0.2, 0.25) is 35.4 Å². The normalized spacial score (nSPS) is 15.9. The van der Waals surface area contributed by atoms with E-state index in [-0.39, 0.29) is 52.4 Å². The van der Waals surface area contributed by atoms with Crippen molar-refractivity contribution < 1.29 is 71.6 Å². The van der Waals surface area contributed by atoms with Crippen LogP contribution in [-0.4, -0.2) is 210 Å². The number of rotatable bonds is 26. The summed E-state index contributed by atoms with van der Waals surface area (Å²) in [5.41, 5.74) is 1.08. The van der Waals surface area contributed by atoms with Crippen molar-refractivity contribution in [1.82, 2.24) is 44.7 Å². The number of imidazole rings is 1. The van der Waals surface area contributed by atoms with Gasteiger partial charge in [-0.25, -0.2) is 9.78 Å². The van der Waals surface area contributed by atoms with Gasteiger partial charge in [-0.15, -0.1) is 0 Å². The number of carbonyl (C=O) groups is 9. The molecule has 3 atom stereocenters. The third kappa shape index (κ3) is 18.1. The molecule has 2 aliphatic heterocycles. The van der Waals surface area contributed by atoms with Crippen molar-refractivity contribution >= 4 is 53.5 Å². The number of methoxy groups -OCH3 is 3. The molecule has 0 spiro atoms. The zero-order valence-corrected chi connectivity index (χ0v) is 52.0. The standard InChI is InChI=1S/C65H81N9O15/c1-63(2,3)88-43-50(68-62(83)87-42-45-22-14-10-15-23-45)59(80)71(41-58(85-8)86-9)39-55(77)73-32-30-69(38-54(76)74-33-31-70(40-57(79)84-7)61(82)52(74)35-53(75)66-36-56(78)89-64(4,5)6)60(81)51(73)34-49-37-72(44-67-49)65(46-24-16-11-17-25-46,47-26-18-12-19-27-47)48-28-20-13-21-29-48/h10-29,37,44,50-52,58H,30-36,38-43H2,1-9H3,(H,66,75)(H,68,83)/t50-,51-,52-/m0/s1. The maximum atomic E-state index is 15.5. The van der Waals surface area contributed by atoms with E-state index >= 15 is 9.59 Å². The van der Waals surface area contributed by atoms with E-state index in [0.717, 1.165) is 38.5 Å². The van der Waals surface area contributed by atoms with Crippen LogP contribution < -0.4 is 10.6 Å². The summed E-state index contributed by atoms with van der Waals surface area (Å²) in [7, 11) is 3.87. The fourth-order valence-electron chi connectivity index (χ4n) is 10.6. The molecule has 2 fully saturated rings. The van der Waals surface area contributed by atoms with Crippen molar-refractivity contribution in [2.24, 2.45) is 0 Å². The van der Waals surface area contributed by atoms with Gasteiger partial charge in [0.15, 0.2) is 6.29 Å². The zero-order valence-electron chi connectivity index (χ0n) is 52.0. The van der Waals surface area contributed by atoms with Gasteiger partial charge in [0.05, 0.1) is 50.8 Å². The van der Waals surface area contributed by atoms with Crippen molar-refractivity contribution in [3.63, 3.8) is 0 Å². The van der Waals surface area contributed by atoms with Gasteiger partial charge in [-0.3, -0.25) is 38.4 Å². The molecule has 0 bridgehead atoms. The van der Waals surface area contributed by atoms with Crippen molar-refractivity contribution in [2.75, 3.05) is 86.8 Å². The van der Waals surface area contributed by atoms with E-state index in [1.165, 1.54) is 24.0 Å². The molecule has 24 nitrogen and oxygen atoms in total. The fraction of sp³-hybridized carbons (Fsp3) is 0.446. The van der Waals surface area contributed by atoms with Crippen LogP contribution in [0.2, 0.25) is 0 Å². The molecular weight excluding hydrogens is 1150 g/mol. The van der Waals surface area contributed by atoms with Gasteiger partial charge in [-0.2, -0.15) is 0 Å². The van der Waals surface area contributed by atoms with Crippen LogP contribution in [-0.2, 0) is 85.3 Å². The topological polar surface area (TPSA) is 267 Å². The molecule has 7 amide bonds. The molecule has 4 aromatic carbocycles. The molecule has 7 rings (SSSR count). The van der Waals surface area contributed by atoms with Crippen LogP contribution in [0.15, 0.2) is 134 Å². The van der Waals surface area contributed by atoms with E-state index in [2.05, 4.69) is 10.6 Å². The number of nitrogens with one attached hydrogen (secondary N) is 2. The highest BCUT2D eigenvalue weighted by atomic mass is 16.7. The van der Waals surface area contributed by atoms with Crippen LogP contribution in [0.4, 0.5) is 4.79 Å². The molecule has 3 heterocycles. The van der Waals surface area contributed by atoms with Gasteiger partial charge in [-0.1, -0.05) is 121 Å². The second-order valence-corrected chi connectivity index (χ2v) is 23.5. The number of piperazine rings is 2. The number of hydrogen-bond donors (Lipinski definition) is 2. The number of hydrogen-bond acceptors (Lipinski definition) is 16. The fourth-order valence-corrected chi connectivity index (χ4v) is 10.6. The predicted molar refractivity (Wildman–Crippen MR) is 324 cm³/mol. The Morgan fingerprint density at radius 2 is 1.18 bits per heavy atom. The lowest BCUT2D eigenvalue weighted by Gasteiger charge is -2.43. The third-order valence-electron chi connectivity index (χ3n) is 14.9. The summed E-state index contributed by atoms with van der Waals surface area (Å²) in [6.07, 6.45) is 0.656. The summed E-state index contributed by atoms with van der Waals surface area (Å²) in [4.78, 5) is 138. The van der Waals surface area contributed by atoms with Crippen molar-refractivity contribution in [1.29, 1.82) is 0 Å². The summed E-state index contributed by atoms with van der Waals surface area (Å²) >= 11 is 0. The molecule has 2 saturated heterocycles. The van der Waals surface area contributed by atoms with Crippen LogP contribution in [0, 0.1) is 0 Å². The Kier molecular flexibility index (Phi) is 23.3. The molecular formula is C65H81N9O15. The number of esters is 2. The average Bonchev–Trinajstić information content (AvgIpc) is 2.08. The van der Waals surface area contributed by atoms with Crippen molar-refractivity contribution in [3.05, 3.63) is 162 Å². The smallest absolute Gasteiger partial charge is 0.408 e. The van der Waals surface area contributed by atoms with Crippen LogP contribution in [0.3, 0.4) is 0 Å². The molecule has 5 aromatic rings. The maximum absolute atomic E-state index is 15.5. The number of ether oxygens (including phenoxy) is 6. The van der Waals surface area contributed by atoms with Crippen molar-refractivity contribution in [2.45, 2.75) is 102 Å². The molecule has 476 valence electrons. The first-order valence-electron chi connectivity index (χ1n) is 29.3. The number of aromatic nitrogens is 2. The van der Waals surface area contributed by atoms with E-state index in [9.17, 15) is 33.6 Å². The summed E-state index contributed by atoms with van der Waals surface area (Å²) < 4.78 is 34.7. The summed E-state index contributed by atoms with van der Waals surface area (Å²) in [5.74, 6) is -5.86. The van der Waals surface area contributed by atoms with E-state index < -0.39 is 127 Å². The summed E-state index contributed by atoms with van der Waals surface area (Å²) in [6, 6.07) is 34.2. The first kappa shape index (κ1) is 67.5. The highest BCUT2D eigenvalue weighted by Gasteiger charge is 2.45. The monoisotopic (exact) mass is 1230 g/mol. The second-order valence-electron chi connectivity index (χ2n) is 23.5. The Labute approximate surface area is 518 Å². The quantitative estimate of drug-likeness (QED) is 0.0344. The summed E-state index contributed by atoms with van der Waals surface area (Å²) in [6.45, 7) is 6.60. The SMILES string of the molecule is COC(=O)CN1CCN(C(=O)CN2CCN(C(=O)CN(CC(OC)OC)C(=O)[C@H](COC(C)(C)C)NC(=O)OCc3ccccc3)[C@@H](Cc3cn(C(c4ccccc4)(c4ccccc4)c4ccccc4)cn3)C2=O)[C@@H](CC(=O)NCC(=O)OC(C)(C)C)C1=O. The Bertz CT molecular complexity index is 3130. The van der Waals surface area contributed by atoms with Crippen LogP contribution >= 0.6 is 0 Å².